The van der Waals surface area contributed by atoms with Crippen molar-refractivity contribution in [2.45, 2.75) is 26.9 Å². The molecular weight excluding hydrogens is 482 g/mol. The average molecular weight is 503 g/mol. The normalized spacial score (nSPS) is 10.9. The fourth-order valence-electron chi connectivity index (χ4n) is 3.40. The fraction of sp³-hybridized carbons (Fsp3) is 0.174. The van der Waals surface area contributed by atoms with Gasteiger partial charge in [-0.2, -0.15) is 10.2 Å². The predicted octanol–water partition coefficient (Wildman–Crippen LogP) is 6.05. The highest BCUT2D eigenvalue weighted by atomic mass is 35.5. The maximum absolute atomic E-state index is 13.2. The second-order valence-electron chi connectivity index (χ2n) is 7.56. The van der Waals surface area contributed by atoms with Crippen molar-refractivity contribution < 1.29 is 4.39 Å². The lowest BCUT2D eigenvalue weighted by molar-refractivity contribution is 0.622. The third-order valence-electron chi connectivity index (χ3n) is 5.08. The Morgan fingerprint density at radius 3 is 2.39 bits per heavy atom. The molecule has 0 atom stereocenters. The lowest BCUT2D eigenvalue weighted by Crippen LogP contribution is -2.20. The molecule has 0 unspecified atom stereocenters. The number of rotatable bonds is 6. The highest BCUT2D eigenvalue weighted by molar-refractivity contribution is 7.80. The number of halogens is 3. The minimum atomic E-state index is -0.259. The minimum absolute atomic E-state index is 0.259. The van der Waals surface area contributed by atoms with Gasteiger partial charge in [-0.1, -0.05) is 41.4 Å². The molecule has 0 saturated carbocycles. The summed E-state index contributed by atoms with van der Waals surface area (Å²) in [5, 5.41) is 16.8. The Morgan fingerprint density at radius 1 is 0.939 bits per heavy atom. The van der Waals surface area contributed by atoms with E-state index in [1.54, 1.807) is 22.9 Å². The average Bonchev–Trinajstić information content (AvgIpc) is 3.31. The van der Waals surface area contributed by atoms with E-state index in [4.69, 9.17) is 35.4 Å². The zero-order valence-corrected chi connectivity index (χ0v) is 20.3. The molecule has 0 saturated heterocycles. The van der Waals surface area contributed by atoms with Gasteiger partial charge in [0.15, 0.2) is 10.9 Å². The van der Waals surface area contributed by atoms with Gasteiger partial charge in [-0.3, -0.25) is 9.36 Å². The quantitative estimate of drug-likeness (QED) is 0.314. The van der Waals surface area contributed by atoms with E-state index < -0.39 is 0 Å². The van der Waals surface area contributed by atoms with Crippen LogP contribution >= 0.6 is 35.4 Å². The number of benzene rings is 2. The first-order valence-corrected chi connectivity index (χ1v) is 11.3. The molecule has 33 heavy (non-hydrogen) atoms. The van der Waals surface area contributed by atoms with E-state index in [1.807, 2.05) is 42.9 Å². The molecular formula is C23H21Cl2FN6S. The van der Waals surface area contributed by atoms with Crippen LogP contribution in [0.25, 0.3) is 0 Å². The van der Waals surface area contributed by atoms with Gasteiger partial charge in [0.1, 0.15) is 5.82 Å². The van der Waals surface area contributed by atoms with Crippen LogP contribution in [0, 0.1) is 19.7 Å². The van der Waals surface area contributed by atoms with Gasteiger partial charge in [-0.25, -0.2) is 4.39 Å². The molecule has 4 rings (SSSR count). The molecule has 0 bridgehead atoms. The molecule has 2 N–H and O–H groups in total. The van der Waals surface area contributed by atoms with Crippen molar-refractivity contribution in [2.75, 3.05) is 10.6 Å². The molecule has 4 aromatic rings. The Labute approximate surface area is 206 Å². The summed E-state index contributed by atoms with van der Waals surface area (Å²) >= 11 is 17.5. The Bertz CT molecular complexity index is 1300. The van der Waals surface area contributed by atoms with Crippen molar-refractivity contribution >= 4 is 52.0 Å². The van der Waals surface area contributed by atoms with E-state index in [0.29, 0.717) is 34.1 Å². The summed E-state index contributed by atoms with van der Waals surface area (Å²) < 4.78 is 16.8. The van der Waals surface area contributed by atoms with Crippen LogP contribution in [-0.4, -0.2) is 24.7 Å². The molecule has 0 aliphatic heterocycles. The molecule has 0 fully saturated rings. The summed E-state index contributed by atoms with van der Waals surface area (Å²) in [6.07, 6.45) is 1.85. The number of nitrogens with zero attached hydrogens (tertiary/aromatic N) is 4. The number of anilines is 2. The van der Waals surface area contributed by atoms with Crippen LogP contribution in [-0.2, 0) is 13.1 Å². The highest BCUT2D eigenvalue weighted by Crippen LogP contribution is 2.23. The minimum Gasteiger partial charge on any atom is -0.329 e. The number of hydrogen-bond acceptors (Lipinski definition) is 3. The number of nitrogens with one attached hydrogen (secondary N) is 2. The summed E-state index contributed by atoms with van der Waals surface area (Å²) in [5.41, 5.74) is 4.50. The summed E-state index contributed by atoms with van der Waals surface area (Å²) in [7, 11) is 0. The summed E-state index contributed by atoms with van der Waals surface area (Å²) in [4.78, 5) is 0. The van der Waals surface area contributed by atoms with Crippen LogP contribution in [0.15, 0.2) is 54.7 Å². The molecule has 2 aromatic heterocycles. The van der Waals surface area contributed by atoms with Crippen molar-refractivity contribution in [1.82, 2.24) is 19.6 Å². The van der Waals surface area contributed by atoms with Crippen LogP contribution in [0.2, 0.25) is 10.0 Å². The van der Waals surface area contributed by atoms with Crippen molar-refractivity contribution in [1.29, 1.82) is 0 Å². The van der Waals surface area contributed by atoms with Crippen LogP contribution in [0.3, 0.4) is 0 Å². The number of aromatic nitrogens is 4. The van der Waals surface area contributed by atoms with E-state index in [-0.39, 0.29) is 5.82 Å². The van der Waals surface area contributed by atoms with E-state index in [0.717, 1.165) is 28.2 Å². The predicted molar refractivity (Wildman–Crippen MR) is 135 cm³/mol. The third kappa shape index (κ3) is 5.71. The number of aryl methyl sites for hydroxylation is 1. The lowest BCUT2D eigenvalue weighted by atomic mass is 10.2. The monoisotopic (exact) mass is 502 g/mol. The first-order valence-electron chi connectivity index (χ1n) is 10.1. The Kier molecular flexibility index (Phi) is 6.97. The molecule has 6 nitrogen and oxygen atoms in total. The first kappa shape index (κ1) is 23.2. The fourth-order valence-corrected chi connectivity index (χ4v) is 3.92. The molecule has 0 amide bonds. The molecule has 170 valence electrons. The van der Waals surface area contributed by atoms with E-state index in [1.165, 1.54) is 12.1 Å². The zero-order chi connectivity index (χ0) is 23.5. The van der Waals surface area contributed by atoms with Gasteiger partial charge in [0, 0.05) is 12.3 Å². The van der Waals surface area contributed by atoms with Gasteiger partial charge in [0.05, 0.1) is 40.2 Å². The largest absolute Gasteiger partial charge is 0.329 e. The molecule has 2 heterocycles. The highest BCUT2D eigenvalue weighted by Gasteiger charge is 2.14. The van der Waals surface area contributed by atoms with Gasteiger partial charge in [0.25, 0.3) is 0 Å². The van der Waals surface area contributed by atoms with Gasteiger partial charge in [-0.15, -0.1) is 0 Å². The Morgan fingerprint density at radius 2 is 1.67 bits per heavy atom. The first-order chi connectivity index (χ1) is 15.8. The molecule has 0 aliphatic rings. The summed E-state index contributed by atoms with van der Waals surface area (Å²) in [5.74, 6) is 0.354. The third-order valence-corrected chi connectivity index (χ3v) is 6.02. The summed E-state index contributed by atoms with van der Waals surface area (Å²) in [6, 6.07) is 13.7. The maximum Gasteiger partial charge on any atom is 0.176 e. The van der Waals surface area contributed by atoms with Crippen LogP contribution in [0.4, 0.5) is 15.9 Å². The zero-order valence-electron chi connectivity index (χ0n) is 17.9. The lowest BCUT2D eigenvalue weighted by Gasteiger charge is -2.10. The molecule has 0 aliphatic carbocycles. The maximum atomic E-state index is 13.2. The smallest absolute Gasteiger partial charge is 0.176 e. The van der Waals surface area contributed by atoms with Gasteiger partial charge in [0.2, 0.25) is 0 Å². The summed E-state index contributed by atoms with van der Waals surface area (Å²) in [6.45, 7) is 4.95. The number of thiocarbonyl (C=S) groups is 1. The molecule has 0 spiro atoms. The van der Waals surface area contributed by atoms with Crippen molar-refractivity contribution in [3.05, 3.63) is 93.1 Å². The Balaban J connectivity index is 1.39. The molecule has 10 heteroatoms. The number of hydrogen-bond donors (Lipinski definition) is 2. The van der Waals surface area contributed by atoms with Crippen LogP contribution in [0.5, 0.6) is 0 Å². The topological polar surface area (TPSA) is 59.7 Å². The van der Waals surface area contributed by atoms with Gasteiger partial charge >= 0.3 is 0 Å². The van der Waals surface area contributed by atoms with Gasteiger partial charge < -0.3 is 10.6 Å². The van der Waals surface area contributed by atoms with E-state index in [9.17, 15) is 4.39 Å². The van der Waals surface area contributed by atoms with E-state index >= 15 is 0 Å². The van der Waals surface area contributed by atoms with Crippen molar-refractivity contribution in [3.8, 4) is 0 Å². The molecule has 0 radical (unpaired) electrons. The van der Waals surface area contributed by atoms with Crippen molar-refractivity contribution in [2.24, 2.45) is 0 Å². The van der Waals surface area contributed by atoms with Crippen LogP contribution in [0.1, 0.15) is 22.5 Å². The van der Waals surface area contributed by atoms with Gasteiger partial charge in [-0.05, 0) is 61.5 Å². The standard InChI is InChI=1S/C23H21Cl2FN6S/c1-14-22(15(2)32(29-14)13-16-3-6-18(26)7-4-16)28-23(33)27-21-9-10-31(30-21)12-17-5-8-19(24)20(25)11-17/h3-11H,12-13H2,1-2H3,(H2,27,28,30,33). The van der Waals surface area contributed by atoms with E-state index in [2.05, 4.69) is 20.8 Å². The second-order valence-corrected chi connectivity index (χ2v) is 8.78. The van der Waals surface area contributed by atoms with Crippen LogP contribution < -0.4 is 10.6 Å². The van der Waals surface area contributed by atoms with Crippen molar-refractivity contribution in [3.63, 3.8) is 0 Å². The Hall–Kier alpha value is -2.94. The SMILES string of the molecule is Cc1nn(Cc2ccc(F)cc2)c(C)c1NC(=S)Nc1ccn(Cc2ccc(Cl)c(Cl)c2)n1. The molecule has 2 aromatic carbocycles. The second kappa shape index (κ2) is 9.91.